The lowest BCUT2D eigenvalue weighted by Gasteiger charge is -2.12. The Labute approximate surface area is 125 Å². The van der Waals surface area contributed by atoms with Gasteiger partial charge in [-0.05, 0) is 25.5 Å². The number of hydrogen-bond donors (Lipinski definition) is 3. The maximum atomic E-state index is 12.1. The van der Waals surface area contributed by atoms with E-state index in [2.05, 4.69) is 15.0 Å². The molecule has 0 aliphatic heterocycles. The fraction of sp³-hybridized carbons (Fsp3) is 0.538. The van der Waals surface area contributed by atoms with Gasteiger partial charge in [0.2, 0.25) is 15.9 Å². The number of pyridine rings is 1. The SMILES string of the molecule is CCC(C)NC(=O)CCNS(=O)(=O)c1cccnc1CN. The molecule has 21 heavy (non-hydrogen) atoms. The third-order valence-electron chi connectivity index (χ3n) is 3.00. The van der Waals surface area contributed by atoms with Gasteiger partial charge in [0.25, 0.3) is 0 Å². The molecule has 0 aromatic carbocycles. The van der Waals surface area contributed by atoms with Gasteiger partial charge in [0.05, 0.1) is 5.69 Å². The molecular formula is C13H22N4O3S. The molecule has 1 aromatic rings. The summed E-state index contributed by atoms with van der Waals surface area (Å²) in [6.07, 6.45) is 2.40. The van der Waals surface area contributed by atoms with E-state index < -0.39 is 10.0 Å². The molecule has 0 aliphatic carbocycles. The molecule has 0 saturated heterocycles. The van der Waals surface area contributed by atoms with Gasteiger partial charge in [-0.1, -0.05) is 6.92 Å². The van der Waals surface area contributed by atoms with E-state index in [1.54, 1.807) is 0 Å². The van der Waals surface area contributed by atoms with Crippen LogP contribution in [0, 0.1) is 0 Å². The molecular weight excluding hydrogens is 292 g/mol. The number of nitrogens with two attached hydrogens (primary N) is 1. The molecule has 8 heteroatoms. The monoisotopic (exact) mass is 314 g/mol. The number of nitrogens with zero attached hydrogens (tertiary/aromatic N) is 1. The maximum absolute atomic E-state index is 12.1. The number of sulfonamides is 1. The molecule has 1 atom stereocenters. The van der Waals surface area contributed by atoms with Crippen LogP contribution in [0.4, 0.5) is 0 Å². The van der Waals surface area contributed by atoms with Gasteiger partial charge >= 0.3 is 0 Å². The number of rotatable bonds is 8. The van der Waals surface area contributed by atoms with Crippen molar-refractivity contribution in [1.29, 1.82) is 0 Å². The number of carbonyl (C=O) groups is 1. The topological polar surface area (TPSA) is 114 Å². The van der Waals surface area contributed by atoms with Crippen molar-refractivity contribution in [3.63, 3.8) is 0 Å². The second kappa shape index (κ2) is 8.06. The van der Waals surface area contributed by atoms with Gasteiger partial charge in [0, 0.05) is 31.7 Å². The zero-order valence-electron chi connectivity index (χ0n) is 12.3. The molecule has 0 spiro atoms. The third-order valence-corrected chi connectivity index (χ3v) is 4.53. The van der Waals surface area contributed by atoms with E-state index in [9.17, 15) is 13.2 Å². The summed E-state index contributed by atoms with van der Waals surface area (Å²) in [5.74, 6) is -0.183. The van der Waals surface area contributed by atoms with Crippen LogP contribution in [0.15, 0.2) is 23.2 Å². The Morgan fingerprint density at radius 2 is 2.19 bits per heavy atom. The van der Waals surface area contributed by atoms with Crippen LogP contribution in [0.2, 0.25) is 0 Å². The minimum absolute atomic E-state index is 0.0313. The van der Waals surface area contributed by atoms with E-state index in [-0.39, 0.29) is 36.4 Å². The average molecular weight is 314 g/mol. The zero-order chi connectivity index (χ0) is 15.9. The smallest absolute Gasteiger partial charge is 0.242 e. The maximum Gasteiger partial charge on any atom is 0.242 e. The largest absolute Gasteiger partial charge is 0.354 e. The van der Waals surface area contributed by atoms with Crippen molar-refractivity contribution in [2.45, 2.75) is 44.2 Å². The lowest BCUT2D eigenvalue weighted by molar-refractivity contribution is -0.121. The molecule has 1 rings (SSSR count). The highest BCUT2D eigenvalue weighted by Gasteiger charge is 2.18. The molecule has 1 unspecified atom stereocenters. The molecule has 0 fully saturated rings. The van der Waals surface area contributed by atoms with Crippen molar-refractivity contribution in [3.8, 4) is 0 Å². The summed E-state index contributed by atoms with van der Waals surface area (Å²) in [6, 6.07) is 3.05. The summed E-state index contributed by atoms with van der Waals surface area (Å²) in [5, 5.41) is 2.77. The van der Waals surface area contributed by atoms with Crippen LogP contribution in [0.5, 0.6) is 0 Å². The second-order valence-electron chi connectivity index (χ2n) is 4.68. The molecule has 0 saturated carbocycles. The number of nitrogens with one attached hydrogen (secondary N) is 2. The van der Waals surface area contributed by atoms with Crippen LogP contribution in [-0.4, -0.2) is 31.9 Å². The minimum Gasteiger partial charge on any atom is -0.354 e. The summed E-state index contributed by atoms with van der Waals surface area (Å²) < 4.78 is 26.7. The Morgan fingerprint density at radius 3 is 2.81 bits per heavy atom. The van der Waals surface area contributed by atoms with Crippen LogP contribution in [0.3, 0.4) is 0 Å². The van der Waals surface area contributed by atoms with Crippen LogP contribution in [-0.2, 0) is 21.4 Å². The van der Waals surface area contributed by atoms with E-state index in [1.165, 1.54) is 18.3 Å². The molecule has 118 valence electrons. The van der Waals surface area contributed by atoms with Crippen molar-refractivity contribution in [1.82, 2.24) is 15.0 Å². The van der Waals surface area contributed by atoms with E-state index in [4.69, 9.17) is 5.73 Å². The second-order valence-corrected chi connectivity index (χ2v) is 6.41. The Hall–Kier alpha value is -1.51. The molecule has 1 aromatic heterocycles. The molecule has 0 aliphatic rings. The van der Waals surface area contributed by atoms with Gasteiger partial charge in [-0.3, -0.25) is 9.78 Å². The molecule has 1 amide bonds. The van der Waals surface area contributed by atoms with Crippen molar-refractivity contribution in [3.05, 3.63) is 24.0 Å². The first-order valence-electron chi connectivity index (χ1n) is 6.83. The Morgan fingerprint density at radius 1 is 1.48 bits per heavy atom. The first-order valence-corrected chi connectivity index (χ1v) is 8.32. The number of hydrogen-bond acceptors (Lipinski definition) is 5. The van der Waals surface area contributed by atoms with E-state index in [1.807, 2.05) is 13.8 Å². The number of aromatic nitrogens is 1. The van der Waals surface area contributed by atoms with Crippen LogP contribution in [0.25, 0.3) is 0 Å². The normalized spacial score (nSPS) is 12.9. The molecule has 7 nitrogen and oxygen atoms in total. The van der Waals surface area contributed by atoms with E-state index in [0.29, 0.717) is 5.69 Å². The Bertz CT molecular complexity index is 575. The van der Waals surface area contributed by atoms with Crippen LogP contribution in [0.1, 0.15) is 32.4 Å². The predicted molar refractivity (Wildman–Crippen MR) is 79.8 cm³/mol. The third kappa shape index (κ3) is 5.41. The van der Waals surface area contributed by atoms with Crippen LogP contribution >= 0.6 is 0 Å². The van der Waals surface area contributed by atoms with Gasteiger partial charge in [0.1, 0.15) is 4.90 Å². The first-order chi connectivity index (χ1) is 9.90. The van der Waals surface area contributed by atoms with Gasteiger partial charge in [-0.15, -0.1) is 0 Å². The predicted octanol–water partition coefficient (Wildman–Crippen LogP) is 0.123. The highest BCUT2D eigenvalue weighted by Crippen LogP contribution is 2.11. The average Bonchev–Trinajstić information content (AvgIpc) is 2.46. The van der Waals surface area contributed by atoms with Gasteiger partial charge in [0.15, 0.2) is 0 Å². The van der Waals surface area contributed by atoms with E-state index in [0.717, 1.165) is 6.42 Å². The molecule has 0 bridgehead atoms. The lowest BCUT2D eigenvalue weighted by Crippen LogP contribution is -2.35. The molecule has 1 heterocycles. The Balaban J connectivity index is 2.60. The molecule has 4 N–H and O–H groups in total. The van der Waals surface area contributed by atoms with Crippen molar-refractivity contribution in [2.75, 3.05) is 6.54 Å². The first kappa shape index (κ1) is 17.5. The highest BCUT2D eigenvalue weighted by atomic mass is 32.2. The zero-order valence-corrected chi connectivity index (χ0v) is 13.1. The van der Waals surface area contributed by atoms with Crippen molar-refractivity contribution >= 4 is 15.9 Å². The van der Waals surface area contributed by atoms with Gasteiger partial charge in [-0.25, -0.2) is 13.1 Å². The number of carbonyl (C=O) groups excluding carboxylic acids is 1. The minimum atomic E-state index is -3.71. The summed E-state index contributed by atoms with van der Waals surface area (Å²) in [4.78, 5) is 15.6. The standard InChI is InChI=1S/C13H22N4O3S/c1-3-10(2)17-13(18)6-8-16-21(19,20)12-5-4-7-15-11(12)9-14/h4-5,7,10,16H,3,6,8-9,14H2,1-2H3,(H,17,18). The van der Waals surface area contributed by atoms with Gasteiger partial charge in [-0.2, -0.15) is 0 Å². The summed E-state index contributed by atoms with van der Waals surface area (Å²) >= 11 is 0. The fourth-order valence-corrected chi connectivity index (χ4v) is 2.88. The summed E-state index contributed by atoms with van der Waals surface area (Å²) in [5.41, 5.74) is 5.78. The summed E-state index contributed by atoms with van der Waals surface area (Å²) in [7, 11) is -3.71. The van der Waals surface area contributed by atoms with Crippen LogP contribution < -0.4 is 15.8 Å². The highest BCUT2D eigenvalue weighted by molar-refractivity contribution is 7.89. The Kier molecular flexibility index (Phi) is 6.73. The fourth-order valence-electron chi connectivity index (χ4n) is 1.65. The van der Waals surface area contributed by atoms with Crippen molar-refractivity contribution < 1.29 is 13.2 Å². The summed E-state index contributed by atoms with van der Waals surface area (Å²) in [6.45, 7) is 3.92. The quantitative estimate of drug-likeness (QED) is 0.631. The number of amides is 1. The molecule has 0 radical (unpaired) electrons. The van der Waals surface area contributed by atoms with Crippen molar-refractivity contribution in [2.24, 2.45) is 5.73 Å². The van der Waals surface area contributed by atoms with E-state index >= 15 is 0 Å². The van der Waals surface area contributed by atoms with Gasteiger partial charge < -0.3 is 11.1 Å². The lowest BCUT2D eigenvalue weighted by atomic mass is 10.2.